The molecule has 3 N–H and O–H groups in total. The molecule has 5 heteroatoms. The van der Waals surface area contributed by atoms with E-state index in [0.29, 0.717) is 11.3 Å². The van der Waals surface area contributed by atoms with Gasteiger partial charge in [-0.1, -0.05) is 6.07 Å². The number of hydrogen-bond acceptors (Lipinski definition) is 3. The zero-order valence-electron chi connectivity index (χ0n) is 10.9. The van der Waals surface area contributed by atoms with Crippen molar-refractivity contribution in [1.29, 1.82) is 0 Å². The van der Waals surface area contributed by atoms with Gasteiger partial charge in [0, 0.05) is 23.7 Å². The van der Waals surface area contributed by atoms with Crippen LogP contribution in [-0.4, -0.2) is 18.6 Å². The molecule has 1 atom stereocenters. The fourth-order valence-electron chi connectivity index (χ4n) is 1.48. The molecular formula is C13H19FN2O2. The van der Waals surface area contributed by atoms with E-state index in [1.54, 1.807) is 19.1 Å². The summed E-state index contributed by atoms with van der Waals surface area (Å²) in [5, 5.41) is 2.68. The summed E-state index contributed by atoms with van der Waals surface area (Å²) in [5.74, 6) is -0.343. The molecule has 0 bridgehead atoms. The van der Waals surface area contributed by atoms with Crippen molar-refractivity contribution in [2.24, 2.45) is 5.73 Å². The standard InChI is InChI=1S/C13H19FN2O2/c1-8(2)16-13(17)7-18-10-4-5-11(9(3)15)12(14)6-10/h4-6,8-9H,7,15H2,1-3H3,(H,16,17)/t9-/m1/s1. The zero-order valence-corrected chi connectivity index (χ0v) is 10.9. The summed E-state index contributed by atoms with van der Waals surface area (Å²) in [6.45, 7) is 5.29. The first-order valence-corrected chi connectivity index (χ1v) is 5.87. The molecule has 1 amide bonds. The minimum atomic E-state index is -0.424. The molecule has 0 saturated heterocycles. The van der Waals surface area contributed by atoms with Crippen molar-refractivity contribution in [2.75, 3.05) is 6.61 Å². The van der Waals surface area contributed by atoms with Crippen LogP contribution >= 0.6 is 0 Å². The van der Waals surface area contributed by atoms with Crippen LogP contribution in [0.25, 0.3) is 0 Å². The van der Waals surface area contributed by atoms with E-state index in [1.165, 1.54) is 6.07 Å². The van der Waals surface area contributed by atoms with Crippen LogP contribution in [0.15, 0.2) is 18.2 Å². The Labute approximate surface area is 106 Å². The van der Waals surface area contributed by atoms with E-state index in [4.69, 9.17) is 10.5 Å². The van der Waals surface area contributed by atoms with E-state index < -0.39 is 5.82 Å². The van der Waals surface area contributed by atoms with Crippen molar-refractivity contribution in [3.63, 3.8) is 0 Å². The highest BCUT2D eigenvalue weighted by atomic mass is 19.1. The van der Waals surface area contributed by atoms with Crippen LogP contribution < -0.4 is 15.8 Å². The van der Waals surface area contributed by atoms with Crippen molar-refractivity contribution < 1.29 is 13.9 Å². The Morgan fingerprint density at radius 1 is 1.44 bits per heavy atom. The van der Waals surface area contributed by atoms with Crippen molar-refractivity contribution in [2.45, 2.75) is 32.9 Å². The topological polar surface area (TPSA) is 64.3 Å². The number of amides is 1. The van der Waals surface area contributed by atoms with E-state index in [-0.39, 0.29) is 24.6 Å². The number of hydrogen-bond donors (Lipinski definition) is 2. The van der Waals surface area contributed by atoms with Crippen molar-refractivity contribution >= 4 is 5.91 Å². The lowest BCUT2D eigenvalue weighted by atomic mass is 10.1. The third kappa shape index (κ3) is 4.33. The highest BCUT2D eigenvalue weighted by Crippen LogP contribution is 2.20. The largest absolute Gasteiger partial charge is 0.484 e. The van der Waals surface area contributed by atoms with Crippen LogP contribution in [0.2, 0.25) is 0 Å². The average Bonchev–Trinajstić information content (AvgIpc) is 2.25. The Morgan fingerprint density at radius 2 is 2.11 bits per heavy atom. The molecule has 0 heterocycles. The maximum absolute atomic E-state index is 13.6. The normalized spacial score (nSPS) is 12.3. The second-order valence-corrected chi connectivity index (χ2v) is 4.48. The Bertz CT molecular complexity index is 419. The molecule has 0 fully saturated rings. The SMILES string of the molecule is CC(C)NC(=O)COc1ccc([C@@H](C)N)c(F)c1. The molecule has 0 unspecified atom stereocenters. The minimum absolute atomic E-state index is 0.0540. The van der Waals surface area contributed by atoms with Gasteiger partial charge in [-0.3, -0.25) is 4.79 Å². The molecule has 0 aliphatic rings. The highest BCUT2D eigenvalue weighted by molar-refractivity contribution is 5.77. The Morgan fingerprint density at radius 3 is 2.61 bits per heavy atom. The Kier molecular flexibility index (Phi) is 5.09. The summed E-state index contributed by atoms with van der Waals surface area (Å²) in [4.78, 5) is 11.3. The molecule has 1 aromatic rings. The first-order valence-electron chi connectivity index (χ1n) is 5.87. The molecule has 0 spiro atoms. The van der Waals surface area contributed by atoms with Crippen LogP contribution in [0.4, 0.5) is 4.39 Å². The lowest BCUT2D eigenvalue weighted by Crippen LogP contribution is -2.34. The summed E-state index contributed by atoms with van der Waals surface area (Å²) in [5.41, 5.74) is 6.02. The lowest BCUT2D eigenvalue weighted by Gasteiger charge is -2.11. The van der Waals surface area contributed by atoms with Crippen LogP contribution in [-0.2, 0) is 4.79 Å². The Hall–Kier alpha value is -1.62. The molecule has 4 nitrogen and oxygen atoms in total. The van der Waals surface area contributed by atoms with E-state index in [9.17, 15) is 9.18 Å². The molecule has 0 aliphatic heterocycles. The van der Waals surface area contributed by atoms with Gasteiger partial charge in [0.15, 0.2) is 6.61 Å². The average molecular weight is 254 g/mol. The van der Waals surface area contributed by atoms with Crippen LogP contribution in [0, 0.1) is 5.82 Å². The molecule has 0 saturated carbocycles. The number of nitrogens with one attached hydrogen (secondary N) is 1. The van der Waals surface area contributed by atoms with Crippen LogP contribution in [0.1, 0.15) is 32.4 Å². The minimum Gasteiger partial charge on any atom is -0.484 e. The van der Waals surface area contributed by atoms with Gasteiger partial charge in [0.2, 0.25) is 0 Å². The quantitative estimate of drug-likeness (QED) is 0.841. The van der Waals surface area contributed by atoms with Gasteiger partial charge < -0.3 is 15.8 Å². The van der Waals surface area contributed by atoms with E-state index in [0.717, 1.165) is 0 Å². The molecule has 100 valence electrons. The van der Waals surface area contributed by atoms with E-state index in [1.807, 2.05) is 13.8 Å². The highest BCUT2D eigenvalue weighted by Gasteiger charge is 2.09. The first-order chi connectivity index (χ1) is 8.40. The summed E-state index contributed by atoms with van der Waals surface area (Å²) < 4.78 is 18.8. The molecule has 1 rings (SSSR count). The van der Waals surface area contributed by atoms with Crippen molar-refractivity contribution in [3.8, 4) is 5.75 Å². The fraction of sp³-hybridized carbons (Fsp3) is 0.462. The predicted octanol–water partition coefficient (Wildman–Crippen LogP) is 1.75. The van der Waals surface area contributed by atoms with Crippen molar-refractivity contribution in [1.82, 2.24) is 5.32 Å². The van der Waals surface area contributed by atoms with Crippen LogP contribution in [0.3, 0.4) is 0 Å². The second-order valence-electron chi connectivity index (χ2n) is 4.48. The number of halogens is 1. The molecule has 1 aromatic carbocycles. The smallest absolute Gasteiger partial charge is 0.258 e. The molecular weight excluding hydrogens is 235 g/mol. The fourth-order valence-corrected chi connectivity index (χ4v) is 1.48. The zero-order chi connectivity index (χ0) is 13.7. The number of benzene rings is 1. The lowest BCUT2D eigenvalue weighted by molar-refractivity contribution is -0.123. The van der Waals surface area contributed by atoms with Gasteiger partial charge in [-0.2, -0.15) is 0 Å². The van der Waals surface area contributed by atoms with Gasteiger partial charge in [-0.15, -0.1) is 0 Å². The first kappa shape index (κ1) is 14.4. The summed E-state index contributed by atoms with van der Waals surface area (Å²) >= 11 is 0. The number of nitrogens with two attached hydrogens (primary N) is 1. The second kappa shape index (κ2) is 6.35. The van der Waals surface area contributed by atoms with E-state index >= 15 is 0 Å². The number of carbonyl (C=O) groups excluding carboxylic acids is 1. The molecule has 0 radical (unpaired) electrons. The number of rotatable bonds is 5. The van der Waals surface area contributed by atoms with Crippen molar-refractivity contribution in [3.05, 3.63) is 29.6 Å². The van der Waals surface area contributed by atoms with Gasteiger partial charge >= 0.3 is 0 Å². The van der Waals surface area contributed by atoms with Gasteiger partial charge in [-0.05, 0) is 26.8 Å². The van der Waals surface area contributed by atoms with Gasteiger partial charge in [0.25, 0.3) is 5.91 Å². The third-order valence-electron chi connectivity index (χ3n) is 2.28. The summed E-state index contributed by atoms with van der Waals surface area (Å²) in [6, 6.07) is 4.09. The molecule has 0 aliphatic carbocycles. The monoisotopic (exact) mass is 254 g/mol. The van der Waals surface area contributed by atoms with Gasteiger partial charge in [0.1, 0.15) is 11.6 Å². The van der Waals surface area contributed by atoms with Crippen LogP contribution in [0.5, 0.6) is 5.75 Å². The van der Waals surface area contributed by atoms with Gasteiger partial charge in [0.05, 0.1) is 0 Å². The molecule has 18 heavy (non-hydrogen) atoms. The number of carbonyl (C=O) groups is 1. The summed E-state index contributed by atoms with van der Waals surface area (Å²) in [7, 11) is 0. The predicted molar refractivity (Wildman–Crippen MR) is 67.8 cm³/mol. The molecule has 0 aromatic heterocycles. The maximum Gasteiger partial charge on any atom is 0.258 e. The number of ether oxygens (including phenoxy) is 1. The summed E-state index contributed by atoms with van der Waals surface area (Å²) in [6.07, 6.45) is 0. The third-order valence-corrected chi connectivity index (χ3v) is 2.28. The Balaban J connectivity index is 2.59. The van der Waals surface area contributed by atoms with Gasteiger partial charge in [-0.25, -0.2) is 4.39 Å². The van der Waals surface area contributed by atoms with E-state index in [2.05, 4.69) is 5.32 Å². The maximum atomic E-state index is 13.6.